The van der Waals surface area contributed by atoms with Crippen LogP contribution in [0.3, 0.4) is 0 Å². The highest BCUT2D eigenvalue weighted by Gasteiger charge is 2.31. The SMILES string of the molecule is O=C(CN1CCC(N[C@@H]2CCS(=O)(=O)C2)CC1)N1CCc2sccc2C1. The molecule has 0 aromatic carbocycles. The van der Waals surface area contributed by atoms with Crippen molar-refractivity contribution in [3.63, 3.8) is 0 Å². The zero-order valence-electron chi connectivity index (χ0n) is 15.0. The van der Waals surface area contributed by atoms with E-state index in [9.17, 15) is 13.2 Å². The van der Waals surface area contributed by atoms with E-state index in [1.807, 2.05) is 4.90 Å². The van der Waals surface area contributed by atoms with Gasteiger partial charge in [-0.1, -0.05) is 0 Å². The van der Waals surface area contributed by atoms with Gasteiger partial charge in [0, 0.05) is 43.1 Å². The van der Waals surface area contributed by atoms with Crippen molar-refractivity contribution < 1.29 is 13.2 Å². The lowest BCUT2D eigenvalue weighted by molar-refractivity contribution is -0.133. The number of thiophene rings is 1. The number of hydrogen-bond acceptors (Lipinski definition) is 6. The molecular formula is C18H27N3O3S2. The lowest BCUT2D eigenvalue weighted by Gasteiger charge is -2.35. The highest BCUT2D eigenvalue weighted by Crippen LogP contribution is 2.24. The van der Waals surface area contributed by atoms with Crippen LogP contribution in [-0.2, 0) is 27.6 Å². The Bertz CT molecular complexity index is 753. The summed E-state index contributed by atoms with van der Waals surface area (Å²) >= 11 is 1.79. The summed E-state index contributed by atoms with van der Waals surface area (Å²) in [7, 11) is -2.82. The Morgan fingerprint density at radius 1 is 1.19 bits per heavy atom. The quantitative estimate of drug-likeness (QED) is 0.817. The van der Waals surface area contributed by atoms with E-state index in [1.165, 1.54) is 10.4 Å². The Labute approximate surface area is 159 Å². The number of nitrogens with zero attached hydrogens (tertiary/aromatic N) is 2. The maximum atomic E-state index is 12.6. The Morgan fingerprint density at radius 3 is 2.73 bits per heavy atom. The molecule has 4 heterocycles. The molecule has 26 heavy (non-hydrogen) atoms. The van der Waals surface area contributed by atoms with Crippen LogP contribution in [0, 0.1) is 0 Å². The van der Waals surface area contributed by atoms with E-state index >= 15 is 0 Å². The number of carbonyl (C=O) groups excluding carboxylic acids is 1. The summed E-state index contributed by atoms with van der Waals surface area (Å²) in [5.74, 6) is 0.834. The number of carbonyl (C=O) groups is 1. The lowest BCUT2D eigenvalue weighted by atomic mass is 10.0. The van der Waals surface area contributed by atoms with Crippen molar-refractivity contribution in [2.45, 2.75) is 44.3 Å². The van der Waals surface area contributed by atoms with Gasteiger partial charge >= 0.3 is 0 Å². The van der Waals surface area contributed by atoms with Crippen LogP contribution < -0.4 is 5.32 Å². The second kappa shape index (κ2) is 7.58. The molecule has 4 rings (SSSR count). The molecule has 1 amide bonds. The minimum Gasteiger partial charge on any atom is -0.337 e. The number of piperidine rings is 1. The van der Waals surface area contributed by atoms with Crippen molar-refractivity contribution in [1.82, 2.24) is 15.1 Å². The van der Waals surface area contributed by atoms with Crippen molar-refractivity contribution in [3.8, 4) is 0 Å². The summed E-state index contributed by atoms with van der Waals surface area (Å²) in [6, 6.07) is 2.63. The van der Waals surface area contributed by atoms with E-state index in [4.69, 9.17) is 0 Å². The Kier molecular flexibility index (Phi) is 5.36. The summed E-state index contributed by atoms with van der Waals surface area (Å²) in [5, 5.41) is 5.64. The number of likely N-dealkylation sites (tertiary alicyclic amines) is 1. The molecule has 2 saturated heterocycles. The van der Waals surface area contributed by atoms with Gasteiger partial charge in [-0.15, -0.1) is 11.3 Å². The highest BCUT2D eigenvalue weighted by molar-refractivity contribution is 7.91. The number of rotatable bonds is 4. The first-order valence-corrected chi connectivity index (χ1v) is 12.2. The Balaban J connectivity index is 1.21. The molecule has 3 aliphatic heterocycles. The molecule has 144 valence electrons. The maximum absolute atomic E-state index is 12.6. The number of sulfone groups is 1. The van der Waals surface area contributed by atoms with E-state index in [2.05, 4.69) is 21.7 Å². The molecule has 1 N–H and O–H groups in total. The summed E-state index contributed by atoms with van der Waals surface area (Å²) in [4.78, 5) is 18.3. The van der Waals surface area contributed by atoms with Crippen LogP contribution in [0.2, 0.25) is 0 Å². The molecule has 3 aliphatic rings. The molecule has 0 unspecified atom stereocenters. The molecule has 1 atom stereocenters. The average molecular weight is 398 g/mol. The van der Waals surface area contributed by atoms with Crippen LogP contribution in [0.1, 0.15) is 29.7 Å². The molecule has 0 aliphatic carbocycles. The van der Waals surface area contributed by atoms with Crippen LogP contribution in [0.15, 0.2) is 11.4 Å². The Morgan fingerprint density at radius 2 is 2.00 bits per heavy atom. The highest BCUT2D eigenvalue weighted by atomic mass is 32.2. The van der Waals surface area contributed by atoms with Crippen molar-refractivity contribution in [1.29, 1.82) is 0 Å². The van der Waals surface area contributed by atoms with E-state index in [-0.39, 0.29) is 17.7 Å². The minimum atomic E-state index is -2.82. The second-order valence-electron chi connectivity index (χ2n) is 7.75. The molecule has 1 aromatic heterocycles. The standard InChI is InChI=1S/C18H27N3O3S2/c22-18(21-8-3-17-14(11-21)4-9-25-17)12-20-6-1-15(2-7-20)19-16-5-10-26(23,24)13-16/h4,9,15-16,19H,1-3,5-8,10-13H2/t16-/m1/s1. The van der Waals surface area contributed by atoms with Gasteiger partial charge in [-0.3, -0.25) is 9.69 Å². The first-order chi connectivity index (χ1) is 12.5. The smallest absolute Gasteiger partial charge is 0.237 e. The number of hydrogen-bond donors (Lipinski definition) is 1. The molecule has 0 radical (unpaired) electrons. The molecule has 8 heteroatoms. The van der Waals surface area contributed by atoms with Gasteiger partial charge in [-0.05, 0) is 42.7 Å². The molecular weight excluding hydrogens is 370 g/mol. The van der Waals surface area contributed by atoms with Gasteiger partial charge in [0.05, 0.1) is 18.1 Å². The van der Waals surface area contributed by atoms with Crippen molar-refractivity contribution in [2.24, 2.45) is 0 Å². The summed E-state index contributed by atoms with van der Waals surface area (Å²) in [6.07, 6.45) is 3.69. The van der Waals surface area contributed by atoms with Crippen LogP contribution in [0.4, 0.5) is 0 Å². The largest absolute Gasteiger partial charge is 0.337 e. The van der Waals surface area contributed by atoms with E-state index in [0.717, 1.165) is 51.9 Å². The van der Waals surface area contributed by atoms with Crippen molar-refractivity contribution in [2.75, 3.05) is 37.7 Å². The predicted octanol–water partition coefficient (Wildman–Crippen LogP) is 0.874. The van der Waals surface area contributed by atoms with Gasteiger partial charge in [-0.25, -0.2) is 8.42 Å². The van der Waals surface area contributed by atoms with Gasteiger partial charge in [0.1, 0.15) is 0 Å². The molecule has 0 saturated carbocycles. The van der Waals surface area contributed by atoms with Crippen LogP contribution in [0.5, 0.6) is 0 Å². The second-order valence-corrected chi connectivity index (χ2v) is 11.0. The van der Waals surface area contributed by atoms with E-state index in [1.54, 1.807) is 11.3 Å². The van der Waals surface area contributed by atoms with Crippen LogP contribution in [0.25, 0.3) is 0 Å². The average Bonchev–Trinajstić information content (AvgIpc) is 3.21. The molecule has 1 aromatic rings. The molecule has 0 spiro atoms. The predicted molar refractivity (Wildman–Crippen MR) is 103 cm³/mol. The third-order valence-corrected chi connectivity index (χ3v) is 8.60. The summed E-state index contributed by atoms with van der Waals surface area (Å²) < 4.78 is 23.2. The Hall–Kier alpha value is -0.960. The van der Waals surface area contributed by atoms with Gasteiger partial charge in [0.2, 0.25) is 5.91 Å². The number of nitrogens with one attached hydrogen (secondary N) is 1. The zero-order valence-corrected chi connectivity index (χ0v) is 16.7. The topological polar surface area (TPSA) is 69.7 Å². The van der Waals surface area contributed by atoms with Crippen molar-refractivity contribution in [3.05, 3.63) is 21.9 Å². The third kappa shape index (κ3) is 4.30. The van der Waals surface area contributed by atoms with Crippen LogP contribution >= 0.6 is 11.3 Å². The first kappa shape index (κ1) is 18.4. The summed E-state index contributed by atoms with van der Waals surface area (Å²) in [6.45, 7) is 3.90. The molecule has 0 bridgehead atoms. The van der Waals surface area contributed by atoms with Crippen LogP contribution in [-0.4, -0.2) is 73.9 Å². The zero-order chi connectivity index (χ0) is 18.1. The van der Waals surface area contributed by atoms with Crippen molar-refractivity contribution >= 4 is 27.1 Å². The van der Waals surface area contributed by atoms with Gasteiger partial charge in [0.15, 0.2) is 9.84 Å². The molecule has 6 nitrogen and oxygen atoms in total. The summed E-state index contributed by atoms with van der Waals surface area (Å²) in [5.41, 5.74) is 1.31. The van der Waals surface area contributed by atoms with Gasteiger partial charge < -0.3 is 10.2 Å². The fraction of sp³-hybridized carbons (Fsp3) is 0.722. The normalized spacial score (nSPS) is 26.8. The minimum absolute atomic E-state index is 0.117. The number of fused-ring (bicyclic) bond motifs is 1. The van der Waals surface area contributed by atoms with Gasteiger partial charge in [-0.2, -0.15) is 0 Å². The fourth-order valence-corrected chi connectivity index (χ4v) is 6.85. The number of amides is 1. The fourth-order valence-electron chi connectivity index (χ4n) is 4.27. The monoisotopic (exact) mass is 397 g/mol. The lowest BCUT2D eigenvalue weighted by Crippen LogP contribution is -2.49. The van der Waals surface area contributed by atoms with E-state index < -0.39 is 9.84 Å². The third-order valence-electron chi connectivity index (χ3n) is 5.81. The first-order valence-electron chi connectivity index (χ1n) is 9.50. The van der Waals surface area contributed by atoms with E-state index in [0.29, 0.717) is 18.3 Å². The van der Waals surface area contributed by atoms with Gasteiger partial charge in [0.25, 0.3) is 0 Å². The maximum Gasteiger partial charge on any atom is 0.237 e. The molecule has 2 fully saturated rings.